The van der Waals surface area contributed by atoms with E-state index in [2.05, 4.69) is 215 Å². The minimum Gasteiger partial charge on any atom is -0.284 e. The van der Waals surface area contributed by atoms with Gasteiger partial charge in [0.25, 0.3) is 11.6 Å². The minimum absolute atomic E-state index is 0.0412. The number of aromatic nitrogens is 24. The van der Waals surface area contributed by atoms with Gasteiger partial charge in [0.15, 0.2) is 16.9 Å². The van der Waals surface area contributed by atoms with Gasteiger partial charge in [0.2, 0.25) is 5.78 Å². The molecule has 0 aliphatic heterocycles. The molecule has 0 amide bonds. The lowest BCUT2D eigenvalue weighted by atomic mass is 9.91. The minimum atomic E-state index is 0.0412. The fourth-order valence-electron chi connectivity index (χ4n) is 10.8. The van der Waals surface area contributed by atoms with E-state index in [9.17, 15) is 0 Å². The number of hydrogen-bond donors (Lipinski definition) is 0. The SMILES string of the molecule is Cc1nc2ccnnn2c1C(C)(C)C.Cc1nc2cncnn2c1C(C)(C)C.Cc1nc2cnncn2c1C(C)(C)C.Cc1nc2nccnn2c1C(C)(C)C.Cc1nc2ncncn2c1C(C)(C)C.Cc1nc2nnccn2c1C(C)(C)C. The lowest BCUT2D eigenvalue weighted by Crippen LogP contribution is -2.17. The number of rotatable bonds is 0. The van der Waals surface area contributed by atoms with Gasteiger partial charge in [-0.15, -0.1) is 15.3 Å². The first-order chi connectivity index (χ1) is 39.0. The quantitative estimate of drug-likeness (QED) is 0.137. The average Bonchev–Trinajstić information content (AvgIpc) is 2.60. The van der Waals surface area contributed by atoms with Gasteiger partial charge in [-0.05, 0) is 41.5 Å². The summed E-state index contributed by atoms with van der Waals surface area (Å²) in [5, 5.41) is 31.9. The number of fused-ring (bicyclic) bond motifs is 6. The number of aryl methyl sites for hydroxylation is 6. The molecule has 12 aromatic rings. The Labute approximate surface area is 491 Å². The zero-order valence-electron chi connectivity index (χ0n) is 53.7. The molecule has 24 nitrogen and oxygen atoms in total. The predicted molar refractivity (Wildman–Crippen MR) is 325 cm³/mol. The first-order valence-corrected chi connectivity index (χ1v) is 28.0. The second kappa shape index (κ2) is 23.9. The van der Waals surface area contributed by atoms with Crippen LogP contribution in [0.15, 0.2) is 74.8 Å². The van der Waals surface area contributed by atoms with Gasteiger partial charge < -0.3 is 0 Å². The largest absolute Gasteiger partial charge is 0.284 e. The summed E-state index contributed by atoms with van der Waals surface area (Å²) in [6.07, 6.45) is 18.6. The van der Waals surface area contributed by atoms with Crippen molar-refractivity contribution in [3.8, 4) is 0 Å². The fraction of sp³-hybridized carbons (Fsp3) is 0.500. The van der Waals surface area contributed by atoms with E-state index in [1.165, 1.54) is 23.4 Å². The Morgan fingerprint density at radius 2 is 0.833 bits per heavy atom. The van der Waals surface area contributed by atoms with Crippen molar-refractivity contribution >= 4 is 34.3 Å². The zero-order chi connectivity index (χ0) is 62.1. The fourth-order valence-corrected chi connectivity index (χ4v) is 10.8. The molecule has 0 aliphatic rings. The van der Waals surface area contributed by atoms with Gasteiger partial charge >= 0.3 is 0 Å². The molecule has 0 radical (unpaired) electrons. The highest BCUT2D eigenvalue weighted by Crippen LogP contribution is 2.30. The van der Waals surface area contributed by atoms with Gasteiger partial charge in [0.1, 0.15) is 25.3 Å². The molecule has 0 unspecified atom stereocenters. The van der Waals surface area contributed by atoms with Gasteiger partial charge in [-0.25, -0.2) is 58.9 Å². The maximum atomic E-state index is 4.44. The van der Waals surface area contributed by atoms with E-state index in [1.807, 2.05) is 80.6 Å². The maximum Gasteiger partial charge on any atom is 0.254 e. The van der Waals surface area contributed by atoms with Gasteiger partial charge in [0.05, 0.1) is 106 Å². The van der Waals surface area contributed by atoms with Crippen LogP contribution in [-0.2, 0) is 32.5 Å². The smallest absolute Gasteiger partial charge is 0.254 e. The van der Waals surface area contributed by atoms with E-state index in [4.69, 9.17) is 0 Å². The lowest BCUT2D eigenvalue weighted by Gasteiger charge is -2.18. The summed E-state index contributed by atoms with van der Waals surface area (Å²) in [5.41, 5.74) is 16.0. The Balaban J connectivity index is 0.000000145. The van der Waals surface area contributed by atoms with E-state index in [0.717, 1.165) is 74.0 Å². The highest BCUT2D eigenvalue weighted by atomic mass is 15.4. The third-order valence-corrected chi connectivity index (χ3v) is 13.2. The summed E-state index contributed by atoms with van der Waals surface area (Å²) >= 11 is 0. The van der Waals surface area contributed by atoms with Crippen LogP contribution in [0.3, 0.4) is 0 Å². The molecule has 444 valence electrons. The van der Waals surface area contributed by atoms with Crippen LogP contribution >= 0.6 is 0 Å². The summed E-state index contributed by atoms with van der Waals surface area (Å²) in [6, 6.07) is 1.87. The Kier molecular flexibility index (Phi) is 17.9. The molecular formula is C60H84N24. The first kappa shape index (κ1) is 62.9. The van der Waals surface area contributed by atoms with Gasteiger partial charge in [-0.1, -0.05) is 130 Å². The summed E-state index contributed by atoms with van der Waals surface area (Å²) in [7, 11) is 0. The molecule has 0 saturated heterocycles. The van der Waals surface area contributed by atoms with Gasteiger partial charge in [-0.2, -0.15) is 24.9 Å². The van der Waals surface area contributed by atoms with E-state index >= 15 is 0 Å². The Morgan fingerprint density at radius 3 is 1.45 bits per heavy atom. The average molecular weight is 1140 g/mol. The molecule has 24 heteroatoms. The van der Waals surface area contributed by atoms with Crippen molar-refractivity contribution in [1.82, 2.24) is 117 Å². The van der Waals surface area contributed by atoms with E-state index < -0.39 is 0 Å². The Bertz CT molecular complexity index is 3480. The lowest BCUT2D eigenvalue weighted by molar-refractivity contribution is 0.539. The molecule has 0 N–H and O–H groups in total. The maximum absolute atomic E-state index is 4.44. The van der Waals surface area contributed by atoms with Crippen molar-refractivity contribution in [2.24, 2.45) is 0 Å². The highest BCUT2D eigenvalue weighted by Gasteiger charge is 2.27. The van der Waals surface area contributed by atoms with Crippen molar-refractivity contribution < 1.29 is 0 Å². The topological polar surface area (TPSA) is 258 Å². The van der Waals surface area contributed by atoms with Crippen molar-refractivity contribution in [1.29, 1.82) is 0 Å². The van der Waals surface area contributed by atoms with Crippen molar-refractivity contribution in [3.05, 3.63) is 143 Å². The van der Waals surface area contributed by atoms with Crippen LogP contribution in [0.2, 0.25) is 0 Å². The molecule has 84 heavy (non-hydrogen) atoms. The van der Waals surface area contributed by atoms with Gasteiger partial charge in [-0.3, -0.25) is 13.2 Å². The van der Waals surface area contributed by atoms with Gasteiger partial charge in [0, 0.05) is 44.8 Å². The summed E-state index contributed by atoms with van der Waals surface area (Å²) in [6.45, 7) is 50.9. The van der Waals surface area contributed by atoms with E-state index in [0.29, 0.717) is 11.6 Å². The Morgan fingerprint density at radius 1 is 0.333 bits per heavy atom. The van der Waals surface area contributed by atoms with E-state index in [1.54, 1.807) is 56.2 Å². The third kappa shape index (κ3) is 14.0. The standard InChI is InChI=1S/6C10H14N4/c1-7-8(10(2,3)4)14-6-11-5-12-9(14)13-7;1-7-9(10(2,3)4)14-6-12-11-5-8(14)13-7;1-7-9(10(2,3)4)14-8(13-7)5-11-6-12-14;1-7-8(10(2,3)4)14-6-5-11-13-9(14)12-7;1-7-8(10(2,3)4)14-9(13-7)11-5-6-12-14;1-7-9(10(2,3)4)14-8(12-7)5-6-11-13-14/h6*5-6H,1-4H3. The summed E-state index contributed by atoms with van der Waals surface area (Å²) in [5.74, 6) is 2.08. The first-order valence-electron chi connectivity index (χ1n) is 28.0. The Hall–Kier alpha value is -8.70. The van der Waals surface area contributed by atoms with Crippen LogP contribution in [0.1, 0.15) is 193 Å². The molecule has 0 saturated carbocycles. The molecule has 0 fully saturated rings. The normalized spacial score (nSPS) is 12.3. The van der Waals surface area contributed by atoms with Crippen LogP contribution in [0.4, 0.5) is 0 Å². The summed E-state index contributed by atoms with van der Waals surface area (Å²) in [4.78, 5) is 42.7. The molecular weight excluding hydrogens is 1060 g/mol. The number of hydrogen-bond acceptors (Lipinski definition) is 18. The van der Waals surface area contributed by atoms with Crippen LogP contribution < -0.4 is 0 Å². The van der Waals surface area contributed by atoms with Crippen molar-refractivity contribution in [2.75, 3.05) is 0 Å². The van der Waals surface area contributed by atoms with E-state index in [-0.39, 0.29) is 32.5 Å². The molecule has 12 aromatic heterocycles. The van der Waals surface area contributed by atoms with Crippen LogP contribution in [0, 0.1) is 41.5 Å². The molecule has 0 atom stereocenters. The van der Waals surface area contributed by atoms with Crippen LogP contribution in [0.25, 0.3) is 34.3 Å². The second-order valence-corrected chi connectivity index (χ2v) is 26.9. The third-order valence-electron chi connectivity index (χ3n) is 13.2. The van der Waals surface area contributed by atoms with Crippen LogP contribution in [0.5, 0.6) is 0 Å². The molecule has 0 spiro atoms. The summed E-state index contributed by atoms with van der Waals surface area (Å²) < 4.78 is 11.5. The molecule has 12 heterocycles. The van der Waals surface area contributed by atoms with Crippen LogP contribution in [-0.4, -0.2) is 117 Å². The zero-order valence-corrected chi connectivity index (χ0v) is 53.7. The predicted octanol–water partition coefficient (Wildman–Crippen LogP) is 10.4. The molecule has 0 aromatic carbocycles. The highest BCUT2D eigenvalue weighted by molar-refractivity contribution is 5.44. The van der Waals surface area contributed by atoms with Crippen molar-refractivity contribution in [2.45, 2.75) is 199 Å². The number of imidazole rings is 6. The van der Waals surface area contributed by atoms with Crippen molar-refractivity contribution in [3.63, 3.8) is 0 Å². The number of nitrogens with zero attached hydrogens (tertiary/aromatic N) is 24. The monoisotopic (exact) mass is 1140 g/mol. The molecule has 0 aliphatic carbocycles. The second-order valence-electron chi connectivity index (χ2n) is 26.9. The molecule has 12 rings (SSSR count). The molecule has 0 bridgehead atoms.